The third-order valence-corrected chi connectivity index (χ3v) is 3.59. The molecule has 1 aliphatic carbocycles. The fourth-order valence-electron chi connectivity index (χ4n) is 2.85. The smallest absolute Gasteiger partial charge is 0.305 e. The first-order valence-electron chi connectivity index (χ1n) is 5.49. The quantitative estimate of drug-likeness (QED) is 0.634. The fraction of sp³-hybridized carbons (Fsp3) is 0.909. The summed E-state index contributed by atoms with van der Waals surface area (Å²) in [5, 5.41) is 0. The van der Waals surface area contributed by atoms with Crippen molar-refractivity contribution in [2.45, 2.75) is 38.2 Å². The Morgan fingerprint density at radius 2 is 2.29 bits per heavy atom. The third kappa shape index (κ3) is 1.92. The zero-order chi connectivity index (χ0) is 9.97. The van der Waals surface area contributed by atoms with Gasteiger partial charge in [-0.15, -0.1) is 0 Å². The molecule has 2 aliphatic rings. The molecule has 1 saturated carbocycles. The van der Waals surface area contributed by atoms with Crippen LogP contribution in [0.25, 0.3) is 0 Å². The number of methoxy groups -OCH3 is 1. The van der Waals surface area contributed by atoms with E-state index in [2.05, 4.69) is 0 Å². The minimum atomic E-state index is -0.0671. The van der Waals surface area contributed by atoms with Crippen molar-refractivity contribution in [1.82, 2.24) is 0 Å². The lowest BCUT2D eigenvalue weighted by Crippen LogP contribution is -2.30. The number of carbonyl (C=O) groups excluding carboxylic acids is 1. The van der Waals surface area contributed by atoms with Crippen molar-refractivity contribution in [3.8, 4) is 0 Å². The van der Waals surface area contributed by atoms with E-state index in [-0.39, 0.29) is 5.97 Å². The Balaban J connectivity index is 1.93. The number of ether oxygens (including phenoxy) is 2. The van der Waals surface area contributed by atoms with Crippen LogP contribution in [0.4, 0.5) is 0 Å². The molecule has 3 heteroatoms. The van der Waals surface area contributed by atoms with Gasteiger partial charge in [0.05, 0.1) is 13.2 Å². The lowest BCUT2D eigenvalue weighted by atomic mass is 9.75. The summed E-state index contributed by atoms with van der Waals surface area (Å²) >= 11 is 0. The SMILES string of the molecule is COC(=O)CC1CCCC2OCCC12. The second kappa shape index (κ2) is 4.30. The van der Waals surface area contributed by atoms with E-state index < -0.39 is 0 Å². The molecule has 80 valence electrons. The van der Waals surface area contributed by atoms with Crippen LogP contribution in [0.1, 0.15) is 32.1 Å². The molecule has 0 aromatic rings. The van der Waals surface area contributed by atoms with Crippen LogP contribution < -0.4 is 0 Å². The number of fused-ring (bicyclic) bond motifs is 1. The summed E-state index contributed by atoms with van der Waals surface area (Å²) in [7, 11) is 1.47. The van der Waals surface area contributed by atoms with Gasteiger partial charge in [0, 0.05) is 13.0 Å². The van der Waals surface area contributed by atoms with Crippen molar-refractivity contribution >= 4 is 5.97 Å². The zero-order valence-corrected chi connectivity index (χ0v) is 8.70. The van der Waals surface area contributed by atoms with Crippen LogP contribution in [0.5, 0.6) is 0 Å². The van der Waals surface area contributed by atoms with Crippen LogP contribution in [0, 0.1) is 11.8 Å². The highest BCUT2D eigenvalue weighted by molar-refractivity contribution is 5.69. The van der Waals surface area contributed by atoms with E-state index in [0.29, 0.717) is 24.4 Å². The molecule has 1 aliphatic heterocycles. The Kier molecular flexibility index (Phi) is 3.06. The summed E-state index contributed by atoms with van der Waals surface area (Å²) in [5.41, 5.74) is 0. The highest BCUT2D eigenvalue weighted by atomic mass is 16.5. The normalized spacial score (nSPS) is 36.5. The van der Waals surface area contributed by atoms with Gasteiger partial charge < -0.3 is 9.47 Å². The number of esters is 1. The second-order valence-corrected chi connectivity index (χ2v) is 4.33. The van der Waals surface area contributed by atoms with Gasteiger partial charge in [0.2, 0.25) is 0 Å². The lowest BCUT2D eigenvalue weighted by Gasteiger charge is -2.31. The molecule has 0 aromatic carbocycles. The van der Waals surface area contributed by atoms with Gasteiger partial charge in [-0.3, -0.25) is 4.79 Å². The highest BCUT2D eigenvalue weighted by Gasteiger charge is 2.38. The van der Waals surface area contributed by atoms with Gasteiger partial charge in [-0.05, 0) is 31.1 Å². The predicted molar refractivity (Wildman–Crippen MR) is 51.8 cm³/mol. The molecule has 0 aromatic heterocycles. The molecule has 2 rings (SSSR count). The van der Waals surface area contributed by atoms with Crippen molar-refractivity contribution < 1.29 is 14.3 Å². The van der Waals surface area contributed by atoms with Crippen LogP contribution in [0.3, 0.4) is 0 Å². The molecule has 14 heavy (non-hydrogen) atoms. The Bertz CT molecular complexity index is 215. The summed E-state index contributed by atoms with van der Waals surface area (Å²) in [4.78, 5) is 11.2. The number of hydrogen-bond donors (Lipinski definition) is 0. The summed E-state index contributed by atoms with van der Waals surface area (Å²) < 4.78 is 10.4. The maximum Gasteiger partial charge on any atom is 0.305 e. The molecular weight excluding hydrogens is 180 g/mol. The minimum Gasteiger partial charge on any atom is -0.469 e. The standard InChI is InChI=1S/C11H18O3/c1-13-11(12)7-8-3-2-4-10-9(8)5-6-14-10/h8-10H,2-7H2,1H3. The summed E-state index contributed by atoms with van der Waals surface area (Å²) in [5.74, 6) is 1.05. The molecule has 0 spiro atoms. The highest BCUT2D eigenvalue weighted by Crippen LogP contribution is 2.40. The molecular formula is C11H18O3. The van der Waals surface area contributed by atoms with Gasteiger partial charge in [-0.1, -0.05) is 6.42 Å². The number of rotatable bonds is 2. The van der Waals surface area contributed by atoms with Gasteiger partial charge in [-0.25, -0.2) is 0 Å². The first-order chi connectivity index (χ1) is 6.81. The summed E-state index contributed by atoms with van der Waals surface area (Å²) in [6, 6.07) is 0. The van der Waals surface area contributed by atoms with E-state index in [9.17, 15) is 4.79 Å². The van der Waals surface area contributed by atoms with E-state index in [1.165, 1.54) is 26.4 Å². The van der Waals surface area contributed by atoms with Crippen molar-refractivity contribution in [3.63, 3.8) is 0 Å². The number of carbonyl (C=O) groups is 1. The van der Waals surface area contributed by atoms with Crippen LogP contribution in [-0.2, 0) is 14.3 Å². The Morgan fingerprint density at radius 1 is 1.43 bits per heavy atom. The van der Waals surface area contributed by atoms with E-state index in [1.807, 2.05) is 0 Å². The molecule has 2 fully saturated rings. The lowest BCUT2D eigenvalue weighted by molar-refractivity contribution is -0.142. The molecule has 3 nitrogen and oxygen atoms in total. The average Bonchev–Trinajstić information content (AvgIpc) is 2.66. The largest absolute Gasteiger partial charge is 0.469 e. The van der Waals surface area contributed by atoms with E-state index in [4.69, 9.17) is 9.47 Å². The average molecular weight is 198 g/mol. The van der Waals surface area contributed by atoms with Gasteiger partial charge in [0.1, 0.15) is 0 Å². The summed E-state index contributed by atoms with van der Waals surface area (Å²) in [6.45, 7) is 0.882. The molecule has 3 atom stereocenters. The van der Waals surface area contributed by atoms with Gasteiger partial charge in [0.15, 0.2) is 0 Å². The van der Waals surface area contributed by atoms with Crippen LogP contribution in [0.2, 0.25) is 0 Å². The zero-order valence-electron chi connectivity index (χ0n) is 8.70. The second-order valence-electron chi connectivity index (χ2n) is 4.33. The molecule has 0 N–H and O–H groups in total. The molecule has 0 radical (unpaired) electrons. The predicted octanol–water partition coefficient (Wildman–Crippen LogP) is 1.75. The van der Waals surface area contributed by atoms with E-state index >= 15 is 0 Å². The molecule has 1 saturated heterocycles. The fourth-order valence-corrected chi connectivity index (χ4v) is 2.85. The van der Waals surface area contributed by atoms with Gasteiger partial charge >= 0.3 is 5.97 Å². The number of hydrogen-bond acceptors (Lipinski definition) is 3. The third-order valence-electron chi connectivity index (χ3n) is 3.59. The van der Waals surface area contributed by atoms with E-state index in [1.54, 1.807) is 0 Å². The van der Waals surface area contributed by atoms with E-state index in [0.717, 1.165) is 13.0 Å². The maximum absolute atomic E-state index is 11.2. The Morgan fingerprint density at radius 3 is 3.07 bits per heavy atom. The van der Waals surface area contributed by atoms with Crippen molar-refractivity contribution in [2.24, 2.45) is 11.8 Å². The molecule has 0 bridgehead atoms. The molecule has 1 heterocycles. The van der Waals surface area contributed by atoms with Crippen molar-refractivity contribution in [1.29, 1.82) is 0 Å². The van der Waals surface area contributed by atoms with Crippen LogP contribution in [-0.4, -0.2) is 25.8 Å². The first-order valence-corrected chi connectivity index (χ1v) is 5.49. The van der Waals surface area contributed by atoms with Crippen molar-refractivity contribution in [3.05, 3.63) is 0 Å². The topological polar surface area (TPSA) is 35.5 Å². The van der Waals surface area contributed by atoms with Crippen molar-refractivity contribution in [2.75, 3.05) is 13.7 Å². The monoisotopic (exact) mass is 198 g/mol. The van der Waals surface area contributed by atoms with Crippen LogP contribution in [0.15, 0.2) is 0 Å². The Labute approximate surface area is 84.8 Å². The van der Waals surface area contributed by atoms with Gasteiger partial charge in [-0.2, -0.15) is 0 Å². The first kappa shape index (κ1) is 9.97. The van der Waals surface area contributed by atoms with Crippen LogP contribution >= 0.6 is 0 Å². The Hall–Kier alpha value is -0.570. The summed E-state index contributed by atoms with van der Waals surface area (Å²) in [6.07, 6.45) is 5.69. The maximum atomic E-state index is 11.2. The minimum absolute atomic E-state index is 0.0671. The molecule has 0 amide bonds. The van der Waals surface area contributed by atoms with Gasteiger partial charge in [0.25, 0.3) is 0 Å². The molecule has 3 unspecified atom stereocenters.